The number of benzene rings is 1. The number of aromatic carboxylic acids is 1. The van der Waals surface area contributed by atoms with Gasteiger partial charge in [0.1, 0.15) is 5.82 Å². The molecule has 0 bridgehead atoms. The zero-order valence-corrected chi connectivity index (χ0v) is 12.6. The van der Waals surface area contributed by atoms with Crippen molar-refractivity contribution < 1.29 is 23.8 Å². The lowest BCUT2D eigenvalue weighted by atomic mass is 9.95. The number of carbonyl (C=O) groups excluding carboxylic acids is 1. The first-order chi connectivity index (χ1) is 9.88. The molecule has 21 heavy (non-hydrogen) atoms. The Bertz CT molecular complexity index is 523. The van der Waals surface area contributed by atoms with Crippen molar-refractivity contribution in [3.8, 4) is 0 Å². The van der Waals surface area contributed by atoms with E-state index < -0.39 is 17.8 Å². The predicted molar refractivity (Wildman–Crippen MR) is 77.1 cm³/mol. The van der Waals surface area contributed by atoms with E-state index in [1.807, 2.05) is 13.8 Å². The number of carbonyl (C=O) groups is 2. The number of hydrogen-bond donors (Lipinski definition) is 1. The molecule has 116 valence electrons. The molecule has 0 aliphatic rings. The van der Waals surface area contributed by atoms with Gasteiger partial charge < -0.3 is 9.84 Å². The third-order valence-electron chi connectivity index (χ3n) is 3.17. The average Bonchev–Trinajstić information content (AvgIpc) is 2.39. The highest BCUT2D eigenvalue weighted by Gasteiger charge is 2.24. The summed E-state index contributed by atoms with van der Waals surface area (Å²) in [7, 11) is 0. The monoisotopic (exact) mass is 296 g/mol. The molecule has 1 rings (SSSR count). The van der Waals surface area contributed by atoms with E-state index in [1.165, 1.54) is 6.07 Å². The summed E-state index contributed by atoms with van der Waals surface area (Å²) in [4.78, 5) is 23.2. The van der Waals surface area contributed by atoms with Gasteiger partial charge in [-0.1, -0.05) is 20.3 Å². The van der Waals surface area contributed by atoms with Gasteiger partial charge in [-0.2, -0.15) is 0 Å². The second-order valence-electron chi connectivity index (χ2n) is 5.26. The van der Waals surface area contributed by atoms with Crippen LogP contribution in [0.3, 0.4) is 0 Å². The van der Waals surface area contributed by atoms with Crippen LogP contribution in [0.15, 0.2) is 12.1 Å². The zero-order chi connectivity index (χ0) is 16.0. The number of carboxylic acid groups (broad SMARTS) is 1. The van der Waals surface area contributed by atoms with Crippen LogP contribution in [-0.2, 0) is 11.2 Å². The Labute approximate surface area is 123 Å². The van der Waals surface area contributed by atoms with Crippen LogP contribution >= 0.6 is 0 Å². The molecule has 0 saturated heterocycles. The second-order valence-corrected chi connectivity index (χ2v) is 5.26. The number of hydrogen-bond acceptors (Lipinski definition) is 3. The van der Waals surface area contributed by atoms with Gasteiger partial charge in [0.25, 0.3) is 0 Å². The van der Waals surface area contributed by atoms with Crippen LogP contribution in [0.5, 0.6) is 0 Å². The fourth-order valence-corrected chi connectivity index (χ4v) is 2.18. The summed E-state index contributed by atoms with van der Waals surface area (Å²) < 4.78 is 18.8. The summed E-state index contributed by atoms with van der Waals surface area (Å²) in [6.45, 7) is 5.86. The van der Waals surface area contributed by atoms with Gasteiger partial charge in [0.15, 0.2) is 0 Å². The van der Waals surface area contributed by atoms with E-state index in [4.69, 9.17) is 4.74 Å². The Balaban J connectivity index is 3.17. The van der Waals surface area contributed by atoms with E-state index in [1.54, 1.807) is 6.92 Å². The van der Waals surface area contributed by atoms with E-state index in [0.717, 1.165) is 12.5 Å². The summed E-state index contributed by atoms with van der Waals surface area (Å²) in [6, 6.07) is 2.30. The predicted octanol–water partition coefficient (Wildman–Crippen LogP) is 3.68. The molecule has 0 aliphatic carbocycles. The SMILES string of the molecule is CCOC(=O)c1ccc(F)c(CCCC(C)C)c1C(=O)O. The first-order valence-electron chi connectivity index (χ1n) is 7.10. The molecule has 0 spiro atoms. The van der Waals surface area contributed by atoms with Crippen LogP contribution in [0.1, 0.15) is 59.9 Å². The fourth-order valence-electron chi connectivity index (χ4n) is 2.18. The second kappa shape index (κ2) is 7.76. The molecule has 0 aromatic heterocycles. The number of esters is 1. The van der Waals surface area contributed by atoms with Crippen LogP contribution in [0.25, 0.3) is 0 Å². The highest BCUT2D eigenvalue weighted by Crippen LogP contribution is 2.22. The van der Waals surface area contributed by atoms with E-state index in [2.05, 4.69) is 0 Å². The fraction of sp³-hybridized carbons (Fsp3) is 0.500. The lowest BCUT2D eigenvalue weighted by Gasteiger charge is -2.12. The Morgan fingerprint density at radius 2 is 2.00 bits per heavy atom. The van der Waals surface area contributed by atoms with Crippen molar-refractivity contribution in [2.24, 2.45) is 5.92 Å². The molecule has 0 radical (unpaired) electrons. The van der Waals surface area contributed by atoms with Gasteiger partial charge in [0.05, 0.1) is 17.7 Å². The molecule has 0 heterocycles. The van der Waals surface area contributed by atoms with Crippen molar-refractivity contribution in [2.75, 3.05) is 6.61 Å². The topological polar surface area (TPSA) is 63.6 Å². The van der Waals surface area contributed by atoms with Gasteiger partial charge in [0, 0.05) is 5.56 Å². The largest absolute Gasteiger partial charge is 0.478 e. The van der Waals surface area contributed by atoms with Crippen molar-refractivity contribution in [1.29, 1.82) is 0 Å². The van der Waals surface area contributed by atoms with Gasteiger partial charge >= 0.3 is 11.9 Å². The minimum absolute atomic E-state index is 0.0775. The minimum atomic E-state index is -1.31. The Hall–Kier alpha value is -1.91. The maximum absolute atomic E-state index is 13.9. The Kier molecular flexibility index (Phi) is 6.34. The van der Waals surface area contributed by atoms with E-state index in [9.17, 15) is 19.1 Å². The van der Waals surface area contributed by atoms with Crippen LogP contribution in [-0.4, -0.2) is 23.7 Å². The number of ether oxygens (including phenoxy) is 1. The number of halogens is 1. The minimum Gasteiger partial charge on any atom is -0.478 e. The van der Waals surface area contributed by atoms with E-state index in [-0.39, 0.29) is 23.3 Å². The molecule has 0 saturated carbocycles. The average molecular weight is 296 g/mol. The molecule has 0 aliphatic heterocycles. The lowest BCUT2D eigenvalue weighted by molar-refractivity contribution is 0.0514. The molecule has 0 fully saturated rings. The molecule has 0 atom stereocenters. The molecule has 1 aromatic carbocycles. The molecule has 5 heteroatoms. The van der Waals surface area contributed by atoms with E-state index >= 15 is 0 Å². The highest BCUT2D eigenvalue weighted by molar-refractivity contribution is 6.03. The van der Waals surface area contributed by atoms with Crippen LogP contribution in [0.4, 0.5) is 4.39 Å². The first kappa shape index (κ1) is 17.1. The summed E-state index contributed by atoms with van der Waals surface area (Å²) >= 11 is 0. The molecule has 1 N–H and O–H groups in total. The number of rotatable bonds is 7. The summed E-state index contributed by atoms with van der Waals surface area (Å²) in [5, 5.41) is 9.32. The summed E-state index contributed by atoms with van der Waals surface area (Å²) in [5.74, 6) is -2.18. The Morgan fingerprint density at radius 3 is 2.52 bits per heavy atom. The third-order valence-corrected chi connectivity index (χ3v) is 3.17. The van der Waals surface area contributed by atoms with Crippen molar-refractivity contribution in [3.63, 3.8) is 0 Å². The van der Waals surface area contributed by atoms with E-state index in [0.29, 0.717) is 18.8 Å². The standard InChI is InChI=1S/C16H21FO4/c1-4-21-16(20)12-8-9-13(17)11(14(12)15(18)19)7-5-6-10(2)3/h8-10H,4-7H2,1-3H3,(H,18,19). The summed E-state index contributed by atoms with van der Waals surface area (Å²) in [6.07, 6.45) is 1.82. The maximum atomic E-state index is 13.9. The lowest BCUT2D eigenvalue weighted by Crippen LogP contribution is -2.15. The molecule has 1 aromatic rings. The number of carboxylic acids is 1. The van der Waals surface area contributed by atoms with Crippen molar-refractivity contribution >= 4 is 11.9 Å². The van der Waals surface area contributed by atoms with Crippen LogP contribution < -0.4 is 0 Å². The maximum Gasteiger partial charge on any atom is 0.339 e. The van der Waals surface area contributed by atoms with Gasteiger partial charge in [0.2, 0.25) is 0 Å². The van der Waals surface area contributed by atoms with Crippen molar-refractivity contribution in [3.05, 3.63) is 34.6 Å². The van der Waals surface area contributed by atoms with Gasteiger partial charge in [-0.05, 0) is 37.8 Å². The van der Waals surface area contributed by atoms with Gasteiger partial charge in [-0.25, -0.2) is 14.0 Å². The van der Waals surface area contributed by atoms with Crippen molar-refractivity contribution in [2.45, 2.75) is 40.0 Å². The van der Waals surface area contributed by atoms with Gasteiger partial charge in [-0.15, -0.1) is 0 Å². The molecule has 4 nitrogen and oxygen atoms in total. The molecular weight excluding hydrogens is 275 g/mol. The first-order valence-corrected chi connectivity index (χ1v) is 7.10. The highest BCUT2D eigenvalue weighted by atomic mass is 19.1. The Morgan fingerprint density at radius 1 is 1.33 bits per heavy atom. The smallest absolute Gasteiger partial charge is 0.339 e. The molecule has 0 unspecified atom stereocenters. The van der Waals surface area contributed by atoms with Crippen LogP contribution in [0.2, 0.25) is 0 Å². The molecule has 0 amide bonds. The van der Waals surface area contributed by atoms with Crippen LogP contribution in [0, 0.1) is 11.7 Å². The third kappa shape index (κ3) is 4.55. The van der Waals surface area contributed by atoms with Crippen molar-refractivity contribution in [1.82, 2.24) is 0 Å². The zero-order valence-electron chi connectivity index (χ0n) is 12.6. The normalized spacial score (nSPS) is 10.7. The molecular formula is C16H21FO4. The summed E-state index contributed by atoms with van der Waals surface area (Å²) in [5.41, 5.74) is -0.295. The van der Waals surface area contributed by atoms with Gasteiger partial charge in [-0.3, -0.25) is 0 Å². The quantitative estimate of drug-likeness (QED) is 0.780.